The smallest absolute Gasteiger partial charge is 0.206 e. The van der Waals surface area contributed by atoms with Crippen LogP contribution in [0.25, 0.3) is 0 Å². The molecule has 0 radical (unpaired) electrons. The van der Waals surface area contributed by atoms with Crippen LogP contribution in [0.3, 0.4) is 0 Å². The number of rotatable bonds is 2. The lowest BCUT2D eigenvalue weighted by atomic mass is 10.2. The summed E-state index contributed by atoms with van der Waals surface area (Å²) in [5.41, 5.74) is 5.61. The fraction of sp³-hybridized carbons (Fsp3) is 0.250. The highest BCUT2D eigenvalue weighted by Gasteiger charge is 2.16. The maximum atomic E-state index is 9.45. The fourth-order valence-electron chi connectivity index (χ4n) is 0.997. The molecule has 0 amide bonds. The van der Waals surface area contributed by atoms with Gasteiger partial charge in [-0.1, -0.05) is 11.6 Å². The van der Waals surface area contributed by atoms with E-state index in [0.717, 1.165) is 0 Å². The van der Waals surface area contributed by atoms with E-state index >= 15 is 0 Å². The zero-order valence-corrected chi connectivity index (χ0v) is 8.05. The molecule has 0 saturated carbocycles. The molecular formula is C8H10ClNO3. The number of phenolic OH excluding ortho intramolecular Hbond substituents is 1. The summed E-state index contributed by atoms with van der Waals surface area (Å²) in [7, 11) is 2.83. The average Bonchev–Trinajstić information content (AvgIpc) is 2.10. The third-order valence-electron chi connectivity index (χ3n) is 1.60. The number of nitrogen functional groups attached to an aromatic ring is 1. The highest BCUT2D eigenvalue weighted by atomic mass is 35.5. The van der Waals surface area contributed by atoms with Crippen molar-refractivity contribution in [2.24, 2.45) is 0 Å². The largest absolute Gasteiger partial charge is 0.503 e. The Morgan fingerprint density at radius 2 is 1.85 bits per heavy atom. The van der Waals surface area contributed by atoms with E-state index in [2.05, 4.69) is 0 Å². The summed E-state index contributed by atoms with van der Waals surface area (Å²) in [6.45, 7) is 0. The highest BCUT2D eigenvalue weighted by Crippen LogP contribution is 2.45. The van der Waals surface area contributed by atoms with Crippen molar-refractivity contribution in [2.45, 2.75) is 0 Å². The predicted molar refractivity (Wildman–Crippen MR) is 50.6 cm³/mol. The molecule has 4 nitrogen and oxygen atoms in total. The Morgan fingerprint density at radius 3 is 2.31 bits per heavy atom. The van der Waals surface area contributed by atoms with Gasteiger partial charge in [-0.3, -0.25) is 0 Å². The molecule has 0 saturated heterocycles. The number of methoxy groups -OCH3 is 2. The quantitative estimate of drug-likeness (QED) is 0.567. The lowest BCUT2D eigenvalue weighted by Gasteiger charge is -2.12. The summed E-state index contributed by atoms with van der Waals surface area (Å²) in [5, 5.41) is 9.75. The molecule has 0 fully saturated rings. The Balaban J connectivity index is 3.41. The molecule has 0 aliphatic carbocycles. The van der Waals surface area contributed by atoms with E-state index in [1.165, 1.54) is 20.3 Å². The van der Waals surface area contributed by atoms with Crippen LogP contribution >= 0.6 is 11.6 Å². The molecule has 0 aromatic heterocycles. The minimum absolute atomic E-state index is 0.146. The molecule has 0 aliphatic rings. The van der Waals surface area contributed by atoms with Gasteiger partial charge >= 0.3 is 0 Å². The summed E-state index contributed by atoms with van der Waals surface area (Å²) in [4.78, 5) is 0. The molecule has 0 heterocycles. The summed E-state index contributed by atoms with van der Waals surface area (Å²) in [6, 6.07) is 1.40. The number of phenols is 1. The molecule has 1 aromatic rings. The number of nitrogens with two attached hydrogens (primary N) is 1. The fourth-order valence-corrected chi connectivity index (χ4v) is 1.28. The zero-order chi connectivity index (χ0) is 10.0. The second kappa shape index (κ2) is 3.62. The Bertz CT molecular complexity index is 328. The number of hydrogen-bond acceptors (Lipinski definition) is 4. The van der Waals surface area contributed by atoms with E-state index < -0.39 is 0 Å². The molecular weight excluding hydrogens is 194 g/mol. The van der Waals surface area contributed by atoms with E-state index in [4.69, 9.17) is 26.8 Å². The van der Waals surface area contributed by atoms with Crippen LogP contribution in [0.4, 0.5) is 5.69 Å². The highest BCUT2D eigenvalue weighted by molar-refractivity contribution is 6.32. The summed E-state index contributed by atoms with van der Waals surface area (Å²) < 4.78 is 9.82. The van der Waals surface area contributed by atoms with Gasteiger partial charge in [-0.05, 0) is 6.07 Å². The Hall–Kier alpha value is -1.29. The van der Waals surface area contributed by atoms with Crippen LogP contribution in [0.15, 0.2) is 6.07 Å². The molecule has 13 heavy (non-hydrogen) atoms. The van der Waals surface area contributed by atoms with Crippen molar-refractivity contribution >= 4 is 17.3 Å². The van der Waals surface area contributed by atoms with Gasteiger partial charge in [0.25, 0.3) is 0 Å². The van der Waals surface area contributed by atoms with Crippen LogP contribution in [0.5, 0.6) is 17.2 Å². The van der Waals surface area contributed by atoms with Crippen LogP contribution in [0.2, 0.25) is 5.02 Å². The van der Waals surface area contributed by atoms with Crippen LogP contribution < -0.4 is 15.2 Å². The van der Waals surface area contributed by atoms with Gasteiger partial charge in [-0.2, -0.15) is 0 Å². The van der Waals surface area contributed by atoms with Crippen LogP contribution in [-0.4, -0.2) is 19.3 Å². The third-order valence-corrected chi connectivity index (χ3v) is 1.88. The minimum atomic E-state index is -0.163. The summed E-state index contributed by atoms with van der Waals surface area (Å²) in [5.74, 6) is 0.257. The molecule has 72 valence electrons. The monoisotopic (exact) mass is 203 g/mol. The molecule has 0 atom stereocenters. The molecule has 0 spiro atoms. The molecule has 0 aliphatic heterocycles. The number of anilines is 1. The molecule has 1 rings (SSSR count). The second-order valence-corrected chi connectivity index (χ2v) is 2.77. The second-order valence-electron chi connectivity index (χ2n) is 2.36. The topological polar surface area (TPSA) is 64.7 Å². The van der Waals surface area contributed by atoms with E-state index in [0.29, 0.717) is 5.02 Å². The first kappa shape index (κ1) is 9.80. The van der Waals surface area contributed by atoms with Crippen LogP contribution in [0, 0.1) is 0 Å². The molecule has 1 aromatic carbocycles. The van der Waals surface area contributed by atoms with Crippen molar-refractivity contribution in [1.29, 1.82) is 0 Å². The van der Waals surface area contributed by atoms with Crippen molar-refractivity contribution in [1.82, 2.24) is 0 Å². The number of hydrogen-bond donors (Lipinski definition) is 2. The molecule has 0 bridgehead atoms. The summed E-state index contributed by atoms with van der Waals surface area (Å²) in [6.07, 6.45) is 0. The Labute approximate surface area is 80.8 Å². The van der Waals surface area contributed by atoms with Gasteiger partial charge in [0.15, 0.2) is 11.5 Å². The van der Waals surface area contributed by atoms with E-state index in [9.17, 15) is 5.11 Å². The molecule has 3 N–H and O–H groups in total. The van der Waals surface area contributed by atoms with E-state index in [1.54, 1.807) is 0 Å². The van der Waals surface area contributed by atoms with Gasteiger partial charge in [0.1, 0.15) is 0 Å². The van der Waals surface area contributed by atoms with E-state index in [1.807, 2.05) is 0 Å². The zero-order valence-electron chi connectivity index (χ0n) is 7.30. The Morgan fingerprint density at radius 1 is 1.31 bits per heavy atom. The van der Waals surface area contributed by atoms with Crippen molar-refractivity contribution in [3.8, 4) is 17.2 Å². The van der Waals surface area contributed by atoms with Crippen LogP contribution in [0.1, 0.15) is 0 Å². The first-order valence-corrected chi connectivity index (χ1v) is 3.88. The third kappa shape index (κ3) is 1.58. The standard InChI is InChI=1S/C8H10ClNO3/c1-12-7-4(9)3-5(10)6(11)8(7)13-2/h3,11H,10H2,1-2H3. The van der Waals surface area contributed by atoms with Gasteiger partial charge in [0.05, 0.1) is 24.9 Å². The van der Waals surface area contributed by atoms with E-state index in [-0.39, 0.29) is 22.9 Å². The minimum Gasteiger partial charge on any atom is -0.503 e. The molecule has 5 heteroatoms. The normalized spacial score (nSPS) is 9.77. The van der Waals surface area contributed by atoms with Crippen molar-refractivity contribution in [2.75, 3.05) is 20.0 Å². The first-order valence-electron chi connectivity index (χ1n) is 3.50. The predicted octanol–water partition coefficient (Wildman–Crippen LogP) is 1.64. The van der Waals surface area contributed by atoms with Gasteiger partial charge in [0.2, 0.25) is 5.75 Å². The average molecular weight is 204 g/mol. The lowest BCUT2D eigenvalue weighted by molar-refractivity contribution is 0.334. The summed E-state index contributed by atoms with van der Waals surface area (Å²) >= 11 is 5.79. The van der Waals surface area contributed by atoms with Crippen LogP contribution in [-0.2, 0) is 0 Å². The van der Waals surface area contributed by atoms with Crippen molar-refractivity contribution in [3.63, 3.8) is 0 Å². The first-order chi connectivity index (χ1) is 6.11. The number of halogens is 1. The van der Waals surface area contributed by atoms with Gasteiger partial charge in [-0.25, -0.2) is 0 Å². The van der Waals surface area contributed by atoms with Crippen molar-refractivity contribution in [3.05, 3.63) is 11.1 Å². The van der Waals surface area contributed by atoms with Gasteiger partial charge in [-0.15, -0.1) is 0 Å². The Kier molecular flexibility index (Phi) is 2.72. The SMILES string of the molecule is COc1c(Cl)cc(N)c(O)c1OC. The maximum Gasteiger partial charge on any atom is 0.206 e. The number of ether oxygens (including phenoxy) is 2. The number of benzene rings is 1. The van der Waals surface area contributed by atoms with Gasteiger partial charge < -0.3 is 20.3 Å². The van der Waals surface area contributed by atoms with Crippen molar-refractivity contribution < 1.29 is 14.6 Å². The maximum absolute atomic E-state index is 9.45. The van der Waals surface area contributed by atoms with Gasteiger partial charge in [0, 0.05) is 0 Å². The number of aromatic hydroxyl groups is 1. The molecule has 0 unspecified atom stereocenters. The lowest BCUT2D eigenvalue weighted by Crippen LogP contribution is -1.95.